The molecule has 1 amide bonds. The minimum Gasteiger partial charge on any atom is -0.337 e. The molecule has 0 spiro atoms. The van der Waals surface area contributed by atoms with Crippen molar-refractivity contribution in [2.75, 3.05) is 13.1 Å². The number of aromatic nitrogens is 2. The largest absolute Gasteiger partial charge is 0.337 e. The Kier molecular flexibility index (Phi) is 4.25. The van der Waals surface area contributed by atoms with E-state index in [1.807, 2.05) is 31.2 Å². The van der Waals surface area contributed by atoms with Crippen LogP contribution in [0.25, 0.3) is 11.4 Å². The number of aryl methyl sites for hydroxylation is 1. The average Bonchev–Trinajstić information content (AvgIpc) is 2.55. The zero-order valence-corrected chi connectivity index (χ0v) is 13.1. The van der Waals surface area contributed by atoms with Crippen molar-refractivity contribution in [1.82, 2.24) is 14.9 Å². The Balaban J connectivity index is 1.86. The fourth-order valence-electron chi connectivity index (χ4n) is 2.77. The maximum atomic E-state index is 12.5. The van der Waals surface area contributed by atoms with Crippen LogP contribution in [-0.4, -0.2) is 39.9 Å². The summed E-state index contributed by atoms with van der Waals surface area (Å²) in [4.78, 5) is 33.3. The van der Waals surface area contributed by atoms with Gasteiger partial charge in [-0.05, 0) is 19.8 Å². The Hall–Kier alpha value is -2.47. The molecule has 1 aromatic heterocycles. The van der Waals surface area contributed by atoms with Crippen molar-refractivity contribution in [1.29, 1.82) is 0 Å². The highest BCUT2D eigenvalue weighted by atomic mass is 16.2. The van der Waals surface area contributed by atoms with Crippen molar-refractivity contribution in [2.45, 2.75) is 25.8 Å². The van der Waals surface area contributed by atoms with E-state index in [1.54, 1.807) is 4.90 Å². The third-order valence-corrected chi connectivity index (χ3v) is 4.10. The third-order valence-electron chi connectivity index (χ3n) is 4.10. The van der Waals surface area contributed by atoms with E-state index in [-0.39, 0.29) is 17.5 Å². The fourth-order valence-corrected chi connectivity index (χ4v) is 2.77. The van der Waals surface area contributed by atoms with Crippen LogP contribution in [0.1, 0.15) is 28.8 Å². The maximum Gasteiger partial charge on any atom is 0.264 e. The van der Waals surface area contributed by atoms with Crippen LogP contribution in [0.5, 0.6) is 0 Å². The smallest absolute Gasteiger partial charge is 0.264 e. The van der Waals surface area contributed by atoms with Crippen LogP contribution in [0.15, 0.2) is 35.3 Å². The van der Waals surface area contributed by atoms with Crippen LogP contribution < -0.4 is 11.3 Å². The van der Waals surface area contributed by atoms with E-state index < -0.39 is 5.56 Å². The van der Waals surface area contributed by atoms with E-state index in [9.17, 15) is 9.59 Å². The summed E-state index contributed by atoms with van der Waals surface area (Å²) in [5.74, 6) is 0.159. The van der Waals surface area contributed by atoms with Gasteiger partial charge in [-0.3, -0.25) is 9.59 Å². The number of H-pyrrole nitrogens is 1. The molecule has 23 heavy (non-hydrogen) atoms. The summed E-state index contributed by atoms with van der Waals surface area (Å²) in [6.07, 6.45) is 3.13. The maximum absolute atomic E-state index is 12.5. The van der Waals surface area contributed by atoms with Gasteiger partial charge in [0.2, 0.25) is 0 Å². The predicted octanol–water partition coefficient (Wildman–Crippen LogP) is 1.31. The number of amides is 1. The summed E-state index contributed by atoms with van der Waals surface area (Å²) >= 11 is 0. The molecule has 6 heteroatoms. The Morgan fingerprint density at radius 2 is 2.09 bits per heavy atom. The lowest BCUT2D eigenvalue weighted by Crippen LogP contribution is -2.46. The molecular weight excluding hydrogens is 292 g/mol. The highest BCUT2D eigenvalue weighted by Gasteiger charge is 2.24. The predicted molar refractivity (Wildman–Crippen MR) is 88.1 cm³/mol. The first kappa shape index (κ1) is 15.4. The molecule has 0 radical (unpaired) electrons. The van der Waals surface area contributed by atoms with Crippen LogP contribution in [0, 0.1) is 6.92 Å². The highest BCUT2D eigenvalue weighted by Crippen LogP contribution is 2.15. The van der Waals surface area contributed by atoms with Crippen LogP contribution in [0.3, 0.4) is 0 Å². The number of carbonyl (C=O) groups is 1. The van der Waals surface area contributed by atoms with Gasteiger partial charge in [-0.1, -0.05) is 29.8 Å². The number of hydrogen-bond donors (Lipinski definition) is 2. The summed E-state index contributed by atoms with van der Waals surface area (Å²) in [5, 5.41) is 0. The van der Waals surface area contributed by atoms with Gasteiger partial charge in [-0.2, -0.15) is 0 Å². The van der Waals surface area contributed by atoms with E-state index in [0.29, 0.717) is 18.9 Å². The number of benzene rings is 1. The fraction of sp³-hybridized carbons (Fsp3) is 0.353. The van der Waals surface area contributed by atoms with Gasteiger partial charge in [0.1, 0.15) is 11.4 Å². The normalized spacial score (nSPS) is 18.0. The minimum atomic E-state index is -0.417. The molecule has 0 unspecified atom stereocenters. The molecule has 6 nitrogen and oxygen atoms in total. The second-order valence-electron chi connectivity index (χ2n) is 5.99. The average molecular weight is 312 g/mol. The standard InChI is InChI=1S/C17H20N4O2/c1-11-4-6-12(7-5-11)15-19-9-14(16(22)20-15)17(23)21-8-2-3-13(18)10-21/h4-7,9,13H,2-3,8,10,18H2,1H3,(H,19,20,22)/t13-/m0/s1. The van der Waals surface area contributed by atoms with Gasteiger partial charge in [0.15, 0.2) is 0 Å². The number of rotatable bonds is 2. The second-order valence-corrected chi connectivity index (χ2v) is 5.99. The summed E-state index contributed by atoms with van der Waals surface area (Å²) < 4.78 is 0. The van der Waals surface area contributed by atoms with E-state index >= 15 is 0 Å². The molecule has 0 aliphatic carbocycles. The van der Waals surface area contributed by atoms with Crippen LogP contribution in [-0.2, 0) is 0 Å². The molecule has 120 valence electrons. The Morgan fingerprint density at radius 1 is 1.35 bits per heavy atom. The van der Waals surface area contributed by atoms with Gasteiger partial charge in [0.25, 0.3) is 11.5 Å². The highest BCUT2D eigenvalue weighted by molar-refractivity contribution is 5.93. The number of piperidine rings is 1. The van der Waals surface area contributed by atoms with Gasteiger partial charge in [0.05, 0.1) is 0 Å². The number of likely N-dealkylation sites (tertiary alicyclic amines) is 1. The van der Waals surface area contributed by atoms with Gasteiger partial charge in [-0.25, -0.2) is 4.98 Å². The Labute approximate surface area is 134 Å². The van der Waals surface area contributed by atoms with E-state index in [0.717, 1.165) is 24.0 Å². The Morgan fingerprint density at radius 3 is 2.74 bits per heavy atom. The Bertz CT molecular complexity index is 767. The number of nitrogens with zero attached hydrogens (tertiary/aromatic N) is 2. The van der Waals surface area contributed by atoms with E-state index in [1.165, 1.54) is 6.20 Å². The summed E-state index contributed by atoms with van der Waals surface area (Å²) in [6, 6.07) is 7.65. The van der Waals surface area contributed by atoms with E-state index in [4.69, 9.17) is 5.73 Å². The first-order valence-corrected chi connectivity index (χ1v) is 7.76. The first-order chi connectivity index (χ1) is 11.0. The van der Waals surface area contributed by atoms with Gasteiger partial charge in [-0.15, -0.1) is 0 Å². The molecule has 2 heterocycles. The zero-order valence-electron chi connectivity index (χ0n) is 13.1. The zero-order chi connectivity index (χ0) is 16.4. The molecule has 0 saturated carbocycles. The first-order valence-electron chi connectivity index (χ1n) is 7.76. The molecule has 0 bridgehead atoms. The molecule has 1 aliphatic rings. The number of nitrogens with one attached hydrogen (secondary N) is 1. The molecule has 1 fully saturated rings. The van der Waals surface area contributed by atoms with Crippen molar-refractivity contribution in [2.24, 2.45) is 5.73 Å². The lowest BCUT2D eigenvalue weighted by molar-refractivity contribution is 0.0706. The molecule has 1 atom stereocenters. The number of aromatic amines is 1. The summed E-state index contributed by atoms with van der Waals surface area (Å²) in [6.45, 7) is 3.11. The molecule has 2 aromatic rings. The SMILES string of the molecule is Cc1ccc(-c2ncc(C(=O)N3CCC[C@H](N)C3)c(=O)[nH]2)cc1. The second kappa shape index (κ2) is 6.34. The summed E-state index contributed by atoms with van der Waals surface area (Å²) in [5.41, 5.74) is 7.48. The monoisotopic (exact) mass is 312 g/mol. The van der Waals surface area contributed by atoms with Crippen LogP contribution in [0.4, 0.5) is 0 Å². The molecule has 1 saturated heterocycles. The van der Waals surface area contributed by atoms with Gasteiger partial charge < -0.3 is 15.6 Å². The molecule has 1 aromatic carbocycles. The van der Waals surface area contributed by atoms with Crippen molar-refractivity contribution < 1.29 is 4.79 Å². The molecule has 3 rings (SSSR count). The number of hydrogen-bond acceptors (Lipinski definition) is 4. The van der Waals surface area contributed by atoms with Crippen LogP contribution >= 0.6 is 0 Å². The quantitative estimate of drug-likeness (QED) is 0.874. The molecule has 1 aliphatic heterocycles. The van der Waals surface area contributed by atoms with Crippen LogP contribution in [0.2, 0.25) is 0 Å². The van der Waals surface area contributed by atoms with Crippen molar-refractivity contribution in [3.63, 3.8) is 0 Å². The molecule has 3 N–H and O–H groups in total. The van der Waals surface area contributed by atoms with Gasteiger partial charge >= 0.3 is 0 Å². The third kappa shape index (κ3) is 3.32. The van der Waals surface area contributed by atoms with Crippen molar-refractivity contribution in [3.05, 3.63) is 51.9 Å². The number of nitrogens with two attached hydrogens (primary N) is 1. The van der Waals surface area contributed by atoms with Gasteiger partial charge in [0, 0.05) is 30.9 Å². The van der Waals surface area contributed by atoms with Crippen molar-refractivity contribution in [3.8, 4) is 11.4 Å². The summed E-state index contributed by atoms with van der Waals surface area (Å²) in [7, 11) is 0. The lowest BCUT2D eigenvalue weighted by atomic mass is 10.1. The van der Waals surface area contributed by atoms with Crippen molar-refractivity contribution >= 4 is 5.91 Å². The topological polar surface area (TPSA) is 92.1 Å². The lowest BCUT2D eigenvalue weighted by Gasteiger charge is -2.30. The number of carbonyl (C=O) groups excluding carboxylic acids is 1. The molecular formula is C17H20N4O2. The minimum absolute atomic E-state index is 0.0217. The van der Waals surface area contributed by atoms with E-state index in [2.05, 4.69) is 9.97 Å².